The molecule has 0 spiro atoms. The van der Waals surface area contributed by atoms with Gasteiger partial charge in [0.15, 0.2) is 5.76 Å². The normalized spacial score (nSPS) is 12.2. The van der Waals surface area contributed by atoms with Crippen molar-refractivity contribution in [3.8, 4) is 5.75 Å². The molecule has 1 atom stereocenters. The van der Waals surface area contributed by atoms with E-state index in [1.807, 2.05) is 0 Å². The molecule has 1 heterocycles. The number of phenols is 1. The van der Waals surface area contributed by atoms with E-state index in [4.69, 9.17) is 16.0 Å². The first-order valence-electron chi connectivity index (χ1n) is 7.44. The second-order valence-corrected chi connectivity index (χ2v) is 5.95. The summed E-state index contributed by atoms with van der Waals surface area (Å²) in [6, 6.07) is 12.9. The number of phenolic OH excluding ortho intramolecular Hbond substituents is 1. The molecular weight excluding hydrogens is 330 g/mol. The number of aliphatic hydroxyl groups is 1. The van der Waals surface area contributed by atoms with Crippen molar-refractivity contribution in [2.24, 2.45) is 0 Å². The van der Waals surface area contributed by atoms with Crippen LogP contribution in [0.5, 0.6) is 5.75 Å². The van der Waals surface area contributed by atoms with E-state index in [0.717, 1.165) is 10.9 Å². The Morgan fingerprint density at radius 2 is 1.92 bits per heavy atom. The zero-order valence-electron chi connectivity index (χ0n) is 12.7. The summed E-state index contributed by atoms with van der Waals surface area (Å²) < 4.78 is 5.51. The lowest BCUT2D eigenvalue weighted by atomic mass is 10.1. The van der Waals surface area contributed by atoms with Gasteiger partial charge in [0.2, 0.25) is 0 Å². The predicted octanol–water partition coefficient (Wildman–Crippen LogP) is 3.13. The van der Waals surface area contributed by atoms with E-state index in [9.17, 15) is 15.0 Å². The number of carbonyl (C=O) groups excluding carboxylic acids is 1. The molecule has 0 unspecified atom stereocenters. The van der Waals surface area contributed by atoms with Crippen LogP contribution >= 0.6 is 11.6 Å². The Kier molecular flexibility index (Phi) is 4.74. The number of hydrogen-bond acceptors (Lipinski definition) is 4. The lowest BCUT2D eigenvalue weighted by Crippen LogP contribution is -2.38. The first kappa shape index (κ1) is 16.4. The molecular formula is C18H16ClNO4. The smallest absolute Gasteiger partial charge is 0.287 e. The van der Waals surface area contributed by atoms with Crippen LogP contribution in [0.1, 0.15) is 16.1 Å². The third kappa shape index (κ3) is 3.69. The maximum Gasteiger partial charge on any atom is 0.287 e. The minimum absolute atomic E-state index is 0.163. The average molecular weight is 346 g/mol. The molecule has 1 amide bonds. The number of furan rings is 1. The van der Waals surface area contributed by atoms with E-state index in [0.29, 0.717) is 17.0 Å². The van der Waals surface area contributed by atoms with E-state index < -0.39 is 11.9 Å². The number of amides is 1. The lowest BCUT2D eigenvalue weighted by molar-refractivity contribution is 0.0890. The molecule has 2 aromatic carbocycles. The molecule has 6 heteroatoms. The Morgan fingerprint density at radius 1 is 1.17 bits per heavy atom. The Labute approximate surface area is 143 Å². The van der Waals surface area contributed by atoms with Crippen molar-refractivity contribution in [2.45, 2.75) is 12.5 Å². The summed E-state index contributed by atoms with van der Waals surface area (Å²) in [5.74, 6) is -0.0687. The fourth-order valence-corrected chi connectivity index (χ4v) is 2.64. The molecule has 124 valence electrons. The fourth-order valence-electron chi connectivity index (χ4n) is 2.46. The van der Waals surface area contributed by atoms with Gasteiger partial charge in [-0.3, -0.25) is 4.79 Å². The highest BCUT2D eigenvalue weighted by Crippen LogP contribution is 2.23. The number of benzene rings is 2. The summed E-state index contributed by atoms with van der Waals surface area (Å²) in [4.78, 5) is 12.3. The Morgan fingerprint density at radius 3 is 2.62 bits per heavy atom. The highest BCUT2D eigenvalue weighted by atomic mass is 35.5. The van der Waals surface area contributed by atoms with Gasteiger partial charge in [-0.25, -0.2) is 0 Å². The molecule has 24 heavy (non-hydrogen) atoms. The highest BCUT2D eigenvalue weighted by molar-refractivity contribution is 6.31. The second kappa shape index (κ2) is 6.95. The average Bonchev–Trinajstić information content (AvgIpc) is 2.99. The third-order valence-electron chi connectivity index (χ3n) is 3.68. The molecule has 1 aromatic heterocycles. The first-order valence-corrected chi connectivity index (χ1v) is 7.81. The van der Waals surface area contributed by atoms with Crippen LogP contribution < -0.4 is 5.32 Å². The van der Waals surface area contributed by atoms with Crippen molar-refractivity contribution in [3.63, 3.8) is 0 Å². The second-order valence-electron chi connectivity index (χ2n) is 5.52. The minimum Gasteiger partial charge on any atom is -0.508 e. The van der Waals surface area contributed by atoms with Gasteiger partial charge >= 0.3 is 0 Å². The molecule has 0 bridgehead atoms. The summed E-state index contributed by atoms with van der Waals surface area (Å²) in [6.45, 7) is -0.210. The third-order valence-corrected chi connectivity index (χ3v) is 3.91. The number of rotatable bonds is 5. The number of aromatic hydroxyl groups is 1. The van der Waals surface area contributed by atoms with E-state index in [-0.39, 0.29) is 18.1 Å². The molecule has 0 fully saturated rings. The van der Waals surface area contributed by atoms with E-state index in [2.05, 4.69) is 5.32 Å². The van der Waals surface area contributed by atoms with Crippen LogP contribution in [0.3, 0.4) is 0 Å². The molecule has 5 nitrogen and oxygen atoms in total. The molecule has 0 saturated carbocycles. The molecule has 0 aliphatic carbocycles. The predicted molar refractivity (Wildman–Crippen MR) is 91.4 cm³/mol. The number of carbonyl (C=O) groups is 1. The number of aliphatic hydroxyl groups excluding tert-OH is 1. The quantitative estimate of drug-likeness (QED) is 0.663. The molecule has 0 saturated heterocycles. The maximum atomic E-state index is 12.3. The maximum absolute atomic E-state index is 12.3. The SMILES string of the molecule is O=C(N[C@H](CO)Cc1ccc(O)cc1)c1cc2cc(Cl)ccc2o1. The van der Waals surface area contributed by atoms with Crippen molar-refractivity contribution in [2.75, 3.05) is 6.61 Å². The van der Waals surface area contributed by atoms with Gasteiger partial charge in [0, 0.05) is 10.4 Å². The first-order chi connectivity index (χ1) is 11.5. The fraction of sp³-hybridized carbons (Fsp3) is 0.167. The highest BCUT2D eigenvalue weighted by Gasteiger charge is 2.17. The van der Waals surface area contributed by atoms with Crippen LogP contribution in [0.15, 0.2) is 52.9 Å². The van der Waals surface area contributed by atoms with E-state index >= 15 is 0 Å². The Hall–Kier alpha value is -2.50. The Balaban J connectivity index is 1.72. The topological polar surface area (TPSA) is 82.7 Å². The van der Waals surface area contributed by atoms with Crippen molar-refractivity contribution < 1.29 is 19.4 Å². The molecule has 0 radical (unpaired) electrons. The van der Waals surface area contributed by atoms with Crippen molar-refractivity contribution in [1.82, 2.24) is 5.32 Å². The van der Waals surface area contributed by atoms with Crippen LogP contribution in [0.25, 0.3) is 11.0 Å². The van der Waals surface area contributed by atoms with Gasteiger partial charge in [-0.1, -0.05) is 23.7 Å². The van der Waals surface area contributed by atoms with Crippen LogP contribution in [-0.2, 0) is 6.42 Å². The molecule has 0 aliphatic rings. The van der Waals surface area contributed by atoms with Crippen molar-refractivity contribution >= 4 is 28.5 Å². The number of halogens is 1. The molecule has 0 aliphatic heterocycles. The summed E-state index contributed by atoms with van der Waals surface area (Å²) in [7, 11) is 0. The lowest BCUT2D eigenvalue weighted by Gasteiger charge is -2.15. The van der Waals surface area contributed by atoms with Crippen LogP contribution in [0, 0.1) is 0 Å². The van der Waals surface area contributed by atoms with Crippen molar-refractivity contribution in [3.05, 3.63) is 64.9 Å². The van der Waals surface area contributed by atoms with Gasteiger partial charge in [-0.15, -0.1) is 0 Å². The van der Waals surface area contributed by atoms with Crippen LogP contribution in [0.4, 0.5) is 0 Å². The van der Waals surface area contributed by atoms with Crippen LogP contribution in [0.2, 0.25) is 5.02 Å². The standard InChI is InChI=1S/C18H16ClNO4/c19-13-3-6-16-12(8-13)9-17(24-16)18(23)20-14(10-21)7-11-1-4-15(22)5-2-11/h1-6,8-9,14,21-22H,7,10H2,(H,20,23)/t14-/m0/s1. The van der Waals surface area contributed by atoms with Gasteiger partial charge in [-0.2, -0.15) is 0 Å². The summed E-state index contributed by atoms with van der Waals surface area (Å²) in [5, 5.41) is 22.8. The Bertz CT molecular complexity index is 857. The van der Waals surface area contributed by atoms with Crippen LogP contribution in [-0.4, -0.2) is 28.8 Å². The monoisotopic (exact) mass is 345 g/mol. The number of hydrogen-bond donors (Lipinski definition) is 3. The molecule has 3 N–H and O–H groups in total. The zero-order valence-corrected chi connectivity index (χ0v) is 13.5. The zero-order chi connectivity index (χ0) is 17.1. The summed E-state index contributed by atoms with van der Waals surface area (Å²) in [5.41, 5.74) is 1.46. The van der Waals surface area contributed by atoms with E-state index in [1.165, 1.54) is 0 Å². The minimum atomic E-state index is -0.459. The van der Waals surface area contributed by atoms with E-state index in [1.54, 1.807) is 48.5 Å². The van der Waals surface area contributed by atoms with Crippen molar-refractivity contribution in [1.29, 1.82) is 0 Å². The number of nitrogens with one attached hydrogen (secondary N) is 1. The summed E-state index contributed by atoms with van der Waals surface area (Å²) in [6.07, 6.45) is 0.439. The molecule has 3 aromatic rings. The molecule has 3 rings (SSSR count). The van der Waals surface area contributed by atoms with Gasteiger partial charge in [0.25, 0.3) is 5.91 Å². The van der Waals surface area contributed by atoms with Gasteiger partial charge in [0.1, 0.15) is 11.3 Å². The van der Waals surface area contributed by atoms with Gasteiger partial charge in [-0.05, 0) is 48.4 Å². The number of fused-ring (bicyclic) bond motifs is 1. The summed E-state index contributed by atoms with van der Waals surface area (Å²) >= 11 is 5.92. The van der Waals surface area contributed by atoms with Gasteiger partial charge < -0.3 is 19.9 Å². The van der Waals surface area contributed by atoms with Gasteiger partial charge in [0.05, 0.1) is 12.6 Å². The largest absolute Gasteiger partial charge is 0.508 e.